The van der Waals surface area contributed by atoms with Crippen molar-refractivity contribution in [2.75, 3.05) is 18.9 Å². The third-order valence-corrected chi connectivity index (χ3v) is 3.43. The lowest BCUT2D eigenvalue weighted by molar-refractivity contribution is -0.117. The van der Waals surface area contributed by atoms with Gasteiger partial charge in [0.15, 0.2) is 0 Å². The predicted octanol–water partition coefficient (Wildman–Crippen LogP) is 3.22. The zero-order valence-corrected chi connectivity index (χ0v) is 13.7. The van der Waals surface area contributed by atoms with Crippen LogP contribution in [-0.2, 0) is 11.3 Å². The molecule has 2 rings (SSSR count). The van der Waals surface area contributed by atoms with Crippen molar-refractivity contribution < 1.29 is 4.79 Å². The second-order valence-electron chi connectivity index (χ2n) is 5.07. The maximum absolute atomic E-state index is 12.0. The second kappa shape index (κ2) is 7.33. The fourth-order valence-corrected chi connectivity index (χ4v) is 2.42. The van der Waals surface area contributed by atoms with Crippen LogP contribution in [0, 0.1) is 6.92 Å². The largest absolute Gasteiger partial charge is 0.310 e. The number of nitrogens with one attached hydrogen (secondary N) is 1. The van der Waals surface area contributed by atoms with Crippen LogP contribution in [0.3, 0.4) is 0 Å². The molecule has 0 saturated heterocycles. The number of hydrogen-bond donors (Lipinski definition) is 1. The Hall–Kier alpha value is -1.72. The first kappa shape index (κ1) is 15.7. The van der Waals surface area contributed by atoms with Crippen LogP contribution in [0.4, 0.5) is 5.82 Å². The molecule has 110 valence electrons. The molecular formula is C16H18BrN3O. The number of anilines is 1. The molecular weight excluding hydrogens is 330 g/mol. The van der Waals surface area contributed by atoms with Gasteiger partial charge < -0.3 is 5.32 Å². The van der Waals surface area contributed by atoms with E-state index in [1.807, 2.05) is 49.2 Å². The van der Waals surface area contributed by atoms with Gasteiger partial charge in [-0.05, 0) is 43.3 Å². The Morgan fingerprint density at radius 1 is 1.33 bits per heavy atom. The minimum atomic E-state index is -0.0659. The molecule has 0 saturated carbocycles. The van der Waals surface area contributed by atoms with Crippen molar-refractivity contribution in [3.8, 4) is 0 Å². The van der Waals surface area contributed by atoms with Crippen molar-refractivity contribution in [1.29, 1.82) is 0 Å². The maximum atomic E-state index is 12.0. The zero-order valence-electron chi connectivity index (χ0n) is 12.1. The second-order valence-corrected chi connectivity index (χ2v) is 5.99. The number of likely N-dealkylation sites (N-methyl/N-ethyl adjacent to an activating group) is 1. The molecule has 0 unspecified atom stereocenters. The molecule has 0 aliphatic carbocycles. The van der Waals surface area contributed by atoms with Gasteiger partial charge in [0, 0.05) is 17.2 Å². The summed E-state index contributed by atoms with van der Waals surface area (Å²) in [6, 6.07) is 11.8. The summed E-state index contributed by atoms with van der Waals surface area (Å²) in [6.07, 6.45) is 1.74. The molecule has 0 radical (unpaired) electrons. The zero-order chi connectivity index (χ0) is 15.2. The third-order valence-electron chi connectivity index (χ3n) is 2.93. The first-order valence-electron chi connectivity index (χ1n) is 6.68. The highest BCUT2D eigenvalue weighted by Gasteiger charge is 2.08. The highest BCUT2D eigenvalue weighted by molar-refractivity contribution is 9.10. The summed E-state index contributed by atoms with van der Waals surface area (Å²) in [5.41, 5.74) is 2.23. The van der Waals surface area contributed by atoms with Crippen LogP contribution in [0.5, 0.6) is 0 Å². The predicted molar refractivity (Wildman–Crippen MR) is 88.1 cm³/mol. The number of aryl methyl sites for hydroxylation is 1. The van der Waals surface area contributed by atoms with E-state index >= 15 is 0 Å². The number of rotatable bonds is 5. The topological polar surface area (TPSA) is 45.2 Å². The number of aromatic nitrogens is 1. The van der Waals surface area contributed by atoms with Gasteiger partial charge in [-0.1, -0.05) is 34.1 Å². The molecule has 0 aliphatic heterocycles. The smallest absolute Gasteiger partial charge is 0.239 e. The Morgan fingerprint density at radius 2 is 2.14 bits per heavy atom. The van der Waals surface area contributed by atoms with Gasteiger partial charge in [-0.25, -0.2) is 4.98 Å². The summed E-state index contributed by atoms with van der Waals surface area (Å²) >= 11 is 3.45. The molecule has 0 spiro atoms. The summed E-state index contributed by atoms with van der Waals surface area (Å²) in [5.74, 6) is 0.519. The van der Waals surface area contributed by atoms with E-state index in [9.17, 15) is 4.79 Å². The van der Waals surface area contributed by atoms with Crippen LogP contribution in [0.15, 0.2) is 47.1 Å². The van der Waals surface area contributed by atoms with Gasteiger partial charge in [0.05, 0.1) is 6.54 Å². The van der Waals surface area contributed by atoms with Gasteiger partial charge in [-0.2, -0.15) is 0 Å². The molecule has 1 heterocycles. The molecule has 1 N–H and O–H groups in total. The third kappa shape index (κ3) is 5.28. The number of benzene rings is 1. The summed E-state index contributed by atoms with van der Waals surface area (Å²) in [6.45, 7) is 3.00. The Morgan fingerprint density at radius 3 is 2.81 bits per heavy atom. The van der Waals surface area contributed by atoms with Gasteiger partial charge in [-0.15, -0.1) is 0 Å². The Labute approximate surface area is 133 Å². The highest BCUT2D eigenvalue weighted by Crippen LogP contribution is 2.13. The van der Waals surface area contributed by atoms with Crippen molar-refractivity contribution >= 4 is 27.7 Å². The molecule has 21 heavy (non-hydrogen) atoms. The average Bonchev–Trinajstić information content (AvgIpc) is 2.41. The number of pyridine rings is 1. The molecule has 1 aromatic carbocycles. The number of carbonyl (C=O) groups is 1. The minimum absolute atomic E-state index is 0.0659. The fourth-order valence-electron chi connectivity index (χ4n) is 1.97. The minimum Gasteiger partial charge on any atom is -0.310 e. The molecule has 4 nitrogen and oxygen atoms in total. The molecule has 2 aromatic rings. The SMILES string of the molecule is Cc1ccc(NC(=O)CN(C)Cc2cccc(Br)c2)nc1. The monoisotopic (exact) mass is 347 g/mol. The van der Waals surface area contributed by atoms with Crippen molar-refractivity contribution in [3.63, 3.8) is 0 Å². The van der Waals surface area contributed by atoms with Gasteiger partial charge in [0.1, 0.15) is 5.82 Å². The molecule has 5 heteroatoms. The highest BCUT2D eigenvalue weighted by atomic mass is 79.9. The summed E-state index contributed by atoms with van der Waals surface area (Å²) in [4.78, 5) is 18.1. The number of amides is 1. The fraction of sp³-hybridized carbons (Fsp3) is 0.250. The van der Waals surface area contributed by atoms with Crippen molar-refractivity contribution in [2.24, 2.45) is 0 Å². The van der Waals surface area contributed by atoms with E-state index in [1.165, 1.54) is 0 Å². The lowest BCUT2D eigenvalue weighted by Gasteiger charge is -2.16. The summed E-state index contributed by atoms with van der Waals surface area (Å²) in [5, 5.41) is 2.80. The summed E-state index contributed by atoms with van der Waals surface area (Å²) in [7, 11) is 1.92. The lowest BCUT2D eigenvalue weighted by Crippen LogP contribution is -2.30. The number of nitrogens with zero attached hydrogens (tertiary/aromatic N) is 2. The average molecular weight is 348 g/mol. The van der Waals surface area contributed by atoms with Crippen molar-refractivity contribution in [3.05, 3.63) is 58.2 Å². The first-order valence-corrected chi connectivity index (χ1v) is 7.48. The quantitative estimate of drug-likeness (QED) is 0.902. The van der Waals surface area contributed by atoms with E-state index in [1.54, 1.807) is 6.20 Å². The van der Waals surface area contributed by atoms with E-state index in [2.05, 4.69) is 32.3 Å². The number of carbonyl (C=O) groups excluding carboxylic acids is 1. The van der Waals surface area contributed by atoms with E-state index in [-0.39, 0.29) is 5.91 Å². The van der Waals surface area contributed by atoms with E-state index in [0.717, 1.165) is 15.6 Å². The van der Waals surface area contributed by atoms with E-state index in [0.29, 0.717) is 18.9 Å². The lowest BCUT2D eigenvalue weighted by atomic mass is 10.2. The van der Waals surface area contributed by atoms with Crippen molar-refractivity contribution in [1.82, 2.24) is 9.88 Å². The number of halogens is 1. The van der Waals surface area contributed by atoms with Crippen LogP contribution in [0.25, 0.3) is 0 Å². The van der Waals surface area contributed by atoms with E-state index < -0.39 is 0 Å². The van der Waals surface area contributed by atoms with Gasteiger partial charge in [0.2, 0.25) is 5.91 Å². The van der Waals surface area contributed by atoms with Gasteiger partial charge in [0.25, 0.3) is 0 Å². The molecule has 0 aliphatic rings. The molecule has 1 amide bonds. The van der Waals surface area contributed by atoms with Crippen molar-refractivity contribution in [2.45, 2.75) is 13.5 Å². The number of hydrogen-bond acceptors (Lipinski definition) is 3. The summed E-state index contributed by atoms with van der Waals surface area (Å²) < 4.78 is 1.04. The normalized spacial score (nSPS) is 10.7. The maximum Gasteiger partial charge on any atom is 0.239 e. The Bertz CT molecular complexity index is 613. The van der Waals surface area contributed by atoms with Crippen LogP contribution in [0.2, 0.25) is 0 Å². The van der Waals surface area contributed by atoms with Crippen LogP contribution >= 0.6 is 15.9 Å². The van der Waals surface area contributed by atoms with E-state index in [4.69, 9.17) is 0 Å². The molecule has 0 atom stereocenters. The van der Waals surface area contributed by atoms with Crippen LogP contribution in [-0.4, -0.2) is 29.4 Å². The van der Waals surface area contributed by atoms with Crippen LogP contribution in [0.1, 0.15) is 11.1 Å². The van der Waals surface area contributed by atoms with Gasteiger partial charge in [-0.3, -0.25) is 9.69 Å². The van der Waals surface area contributed by atoms with Gasteiger partial charge >= 0.3 is 0 Å². The molecule has 1 aromatic heterocycles. The first-order chi connectivity index (χ1) is 10.0. The Balaban J connectivity index is 1.86. The standard InChI is InChI=1S/C16H18BrN3O/c1-12-6-7-15(18-9-12)19-16(21)11-20(2)10-13-4-3-5-14(17)8-13/h3-9H,10-11H2,1-2H3,(H,18,19,21). The molecule has 0 bridgehead atoms. The molecule has 0 fully saturated rings. The van der Waals surface area contributed by atoms with Crippen LogP contribution < -0.4 is 5.32 Å². The Kier molecular flexibility index (Phi) is 5.47.